The highest BCUT2D eigenvalue weighted by Gasteiger charge is 2.46. The summed E-state index contributed by atoms with van der Waals surface area (Å²) in [5.41, 5.74) is 3.28. The van der Waals surface area contributed by atoms with Crippen molar-refractivity contribution in [2.75, 3.05) is 13.7 Å². The molecule has 4 rings (SSSR count). The van der Waals surface area contributed by atoms with E-state index in [4.69, 9.17) is 18.9 Å². The molecule has 0 unspecified atom stereocenters. The van der Waals surface area contributed by atoms with E-state index in [0.29, 0.717) is 19.0 Å². The second kappa shape index (κ2) is 12.0. The van der Waals surface area contributed by atoms with Crippen LogP contribution < -0.4 is 4.74 Å². The first-order valence-electron chi connectivity index (χ1n) is 13.2. The van der Waals surface area contributed by atoms with E-state index in [1.54, 1.807) is 4.90 Å². The lowest BCUT2D eigenvalue weighted by atomic mass is 9.98. The molecule has 3 aromatic rings. The summed E-state index contributed by atoms with van der Waals surface area (Å²) >= 11 is 3.64. The summed E-state index contributed by atoms with van der Waals surface area (Å²) in [7, 11) is 1.37. The molecule has 1 fully saturated rings. The summed E-state index contributed by atoms with van der Waals surface area (Å²) in [6.45, 7) is 10.0. The maximum absolute atomic E-state index is 13.2. The number of ether oxygens (including phenoxy) is 4. The lowest BCUT2D eigenvalue weighted by Gasteiger charge is -2.35. The first kappa shape index (κ1) is 29.6. The number of amides is 1. The zero-order chi connectivity index (χ0) is 29.1. The molecule has 1 aliphatic heterocycles. The Morgan fingerprint density at radius 1 is 1.02 bits per heavy atom. The van der Waals surface area contributed by atoms with Crippen LogP contribution in [0.5, 0.6) is 5.75 Å². The van der Waals surface area contributed by atoms with Crippen LogP contribution in [0.25, 0.3) is 11.1 Å². The quantitative estimate of drug-likeness (QED) is 0.259. The van der Waals surface area contributed by atoms with Crippen molar-refractivity contribution in [2.24, 2.45) is 0 Å². The van der Waals surface area contributed by atoms with Gasteiger partial charge in [-0.1, -0.05) is 52.3 Å². The number of carbonyl (C=O) groups is 2. The first-order chi connectivity index (χ1) is 18.9. The van der Waals surface area contributed by atoms with Crippen molar-refractivity contribution < 1.29 is 28.5 Å². The highest BCUT2D eigenvalue weighted by atomic mass is 79.9. The summed E-state index contributed by atoms with van der Waals surface area (Å²) in [5, 5.41) is 0. The maximum Gasteiger partial charge on any atom is 0.413 e. The lowest BCUT2D eigenvalue weighted by molar-refractivity contribution is -0.139. The van der Waals surface area contributed by atoms with Gasteiger partial charge >= 0.3 is 12.1 Å². The zero-order valence-electron chi connectivity index (χ0n) is 23.8. The number of benzene rings is 3. The molecule has 0 spiro atoms. The van der Waals surface area contributed by atoms with E-state index in [1.165, 1.54) is 7.11 Å². The smallest absolute Gasteiger partial charge is 0.413 e. The van der Waals surface area contributed by atoms with Crippen LogP contribution in [0.2, 0.25) is 0 Å². The summed E-state index contributed by atoms with van der Waals surface area (Å²) < 4.78 is 23.6. The normalized spacial score (nSPS) is 16.5. The number of esters is 1. The van der Waals surface area contributed by atoms with Crippen LogP contribution in [0.3, 0.4) is 0 Å². The average molecular weight is 611 g/mol. The molecule has 3 aromatic carbocycles. The minimum atomic E-state index is -0.798. The standard InChI is InChI=1S/C32H36BrNO6/c1-31(2,3)40-30(36)34-27(20-39-32(34,4)5)23-12-9-11-22(16-23)25-14-21(15-26(33)17-25)19-38-28-13-8-7-10-24(28)18-29(35)37-6/h7-17,27H,18-20H2,1-6H3/t27-/m0/s1. The van der Waals surface area contributed by atoms with E-state index in [2.05, 4.69) is 34.1 Å². The molecule has 8 heteroatoms. The van der Waals surface area contributed by atoms with Crippen molar-refractivity contribution in [3.63, 3.8) is 0 Å². The topological polar surface area (TPSA) is 74.3 Å². The molecule has 40 heavy (non-hydrogen) atoms. The molecule has 0 bridgehead atoms. The Hall–Kier alpha value is -3.36. The predicted molar refractivity (Wildman–Crippen MR) is 157 cm³/mol. The fourth-order valence-corrected chi connectivity index (χ4v) is 5.25. The highest BCUT2D eigenvalue weighted by Crippen LogP contribution is 2.39. The van der Waals surface area contributed by atoms with Crippen LogP contribution in [-0.4, -0.2) is 42.0 Å². The Bertz CT molecular complexity index is 1380. The van der Waals surface area contributed by atoms with Gasteiger partial charge in [-0.2, -0.15) is 0 Å². The zero-order valence-corrected chi connectivity index (χ0v) is 25.4. The fourth-order valence-electron chi connectivity index (χ4n) is 4.71. The van der Waals surface area contributed by atoms with Gasteiger partial charge in [0.05, 0.1) is 26.2 Å². The largest absolute Gasteiger partial charge is 0.489 e. The second-order valence-electron chi connectivity index (χ2n) is 11.2. The van der Waals surface area contributed by atoms with Gasteiger partial charge in [0.15, 0.2) is 0 Å². The molecule has 212 valence electrons. The molecule has 1 heterocycles. The molecule has 7 nitrogen and oxygen atoms in total. The molecule has 1 amide bonds. The first-order valence-corrected chi connectivity index (χ1v) is 14.0. The lowest BCUT2D eigenvalue weighted by Crippen LogP contribution is -2.47. The molecule has 0 aromatic heterocycles. The number of hydrogen-bond donors (Lipinski definition) is 0. The van der Waals surface area contributed by atoms with Crippen molar-refractivity contribution in [1.29, 1.82) is 0 Å². The van der Waals surface area contributed by atoms with Gasteiger partial charge in [-0.05, 0) is 87.2 Å². The molecular formula is C32H36BrNO6. The van der Waals surface area contributed by atoms with Gasteiger partial charge in [-0.25, -0.2) is 4.79 Å². The Morgan fingerprint density at radius 2 is 1.77 bits per heavy atom. The van der Waals surface area contributed by atoms with Crippen LogP contribution in [0.1, 0.15) is 57.4 Å². The van der Waals surface area contributed by atoms with Gasteiger partial charge in [0.25, 0.3) is 0 Å². The molecule has 0 radical (unpaired) electrons. The minimum absolute atomic E-state index is 0.144. The third kappa shape index (κ3) is 7.23. The van der Waals surface area contributed by atoms with E-state index < -0.39 is 17.4 Å². The van der Waals surface area contributed by atoms with Crippen LogP contribution in [-0.2, 0) is 32.0 Å². The molecule has 1 saturated heterocycles. The Kier molecular flexibility index (Phi) is 8.90. The maximum atomic E-state index is 13.2. The Morgan fingerprint density at radius 3 is 2.50 bits per heavy atom. The molecule has 0 N–H and O–H groups in total. The third-order valence-electron chi connectivity index (χ3n) is 6.57. The summed E-state index contributed by atoms with van der Waals surface area (Å²) in [6.07, 6.45) is -0.259. The van der Waals surface area contributed by atoms with Gasteiger partial charge in [0.2, 0.25) is 0 Å². The SMILES string of the molecule is COC(=O)Cc1ccccc1OCc1cc(Br)cc(-c2cccc([C@@H]3COC(C)(C)N3C(=O)OC(C)(C)C)c2)c1. The van der Waals surface area contributed by atoms with E-state index in [1.807, 2.05) is 83.1 Å². The molecule has 1 atom stereocenters. The average Bonchev–Trinajstić information content (AvgIpc) is 3.22. The molecule has 1 aliphatic rings. The Labute approximate surface area is 244 Å². The molecule has 0 saturated carbocycles. The monoisotopic (exact) mass is 609 g/mol. The summed E-state index contributed by atoms with van der Waals surface area (Å²) in [4.78, 5) is 26.7. The van der Waals surface area contributed by atoms with Gasteiger partial charge < -0.3 is 18.9 Å². The van der Waals surface area contributed by atoms with Gasteiger partial charge in [0.1, 0.15) is 23.7 Å². The van der Waals surface area contributed by atoms with Crippen molar-refractivity contribution in [1.82, 2.24) is 4.90 Å². The van der Waals surface area contributed by atoms with Crippen molar-refractivity contribution in [3.8, 4) is 16.9 Å². The predicted octanol–water partition coefficient (Wildman–Crippen LogP) is 7.46. The molecular weight excluding hydrogens is 574 g/mol. The van der Waals surface area contributed by atoms with Crippen LogP contribution in [0.4, 0.5) is 4.79 Å². The summed E-state index contributed by atoms with van der Waals surface area (Å²) in [6, 6.07) is 21.4. The van der Waals surface area contributed by atoms with E-state index >= 15 is 0 Å². The van der Waals surface area contributed by atoms with Crippen molar-refractivity contribution >= 4 is 28.0 Å². The molecule has 0 aliphatic carbocycles. The number of hydrogen-bond acceptors (Lipinski definition) is 6. The minimum Gasteiger partial charge on any atom is -0.489 e. The fraction of sp³-hybridized carbons (Fsp3) is 0.375. The van der Waals surface area contributed by atoms with E-state index in [9.17, 15) is 9.59 Å². The van der Waals surface area contributed by atoms with Gasteiger partial charge in [-0.15, -0.1) is 0 Å². The van der Waals surface area contributed by atoms with E-state index in [-0.39, 0.29) is 18.4 Å². The number of rotatable bonds is 7. The number of nitrogens with zero attached hydrogens (tertiary/aromatic N) is 1. The second-order valence-corrected chi connectivity index (χ2v) is 12.2. The third-order valence-corrected chi connectivity index (χ3v) is 7.03. The Balaban J connectivity index is 1.57. The number of para-hydroxylation sites is 1. The highest BCUT2D eigenvalue weighted by molar-refractivity contribution is 9.10. The van der Waals surface area contributed by atoms with Crippen LogP contribution in [0.15, 0.2) is 71.2 Å². The summed E-state index contributed by atoms with van der Waals surface area (Å²) in [5.74, 6) is 0.324. The van der Waals surface area contributed by atoms with E-state index in [0.717, 1.165) is 32.3 Å². The van der Waals surface area contributed by atoms with Crippen molar-refractivity contribution in [3.05, 3.63) is 87.9 Å². The van der Waals surface area contributed by atoms with Gasteiger partial charge in [0, 0.05) is 10.0 Å². The van der Waals surface area contributed by atoms with Crippen LogP contribution >= 0.6 is 15.9 Å². The van der Waals surface area contributed by atoms with Crippen LogP contribution in [0, 0.1) is 0 Å². The van der Waals surface area contributed by atoms with Crippen molar-refractivity contribution in [2.45, 2.75) is 65.0 Å². The number of carbonyl (C=O) groups excluding carboxylic acids is 2. The van der Waals surface area contributed by atoms with Gasteiger partial charge in [-0.3, -0.25) is 9.69 Å². The number of methoxy groups -OCH3 is 1. The number of halogens is 1.